The number of carbonyl (C=O) groups excluding carboxylic acids is 1. The third kappa shape index (κ3) is 0.950. The van der Waals surface area contributed by atoms with Gasteiger partial charge in [0.05, 0.1) is 0 Å². The van der Waals surface area contributed by atoms with Gasteiger partial charge >= 0.3 is 0 Å². The molecule has 62 valence electrons. The minimum Gasteiger partial charge on any atom is -0.291 e. The van der Waals surface area contributed by atoms with Gasteiger partial charge in [-0.3, -0.25) is 4.79 Å². The molecule has 0 heterocycles. The van der Waals surface area contributed by atoms with Crippen molar-refractivity contribution in [3.05, 3.63) is 34.3 Å². The molecule has 1 aromatic rings. The maximum Gasteiger partial charge on any atom is 0.197 e. The van der Waals surface area contributed by atoms with Crippen LogP contribution in [0.1, 0.15) is 15.9 Å². The SMILES string of the molecule is O=C1c2cccc(Cl)c2CC1F. The van der Waals surface area contributed by atoms with Crippen LogP contribution in [-0.4, -0.2) is 12.0 Å². The minimum atomic E-state index is -1.39. The normalized spacial score (nSPS) is 21.2. The Morgan fingerprint density at radius 3 is 2.92 bits per heavy atom. The van der Waals surface area contributed by atoms with Crippen LogP contribution in [0, 0.1) is 0 Å². The van der Waals surface area contributed by atoms with E-state index in [-0.39, 0.29) is 6.42 Å². The van der Waals surface area contributed by atoms with Crippen LogP contribution >= 0.6 is 11.6 Å². The lowest BCUT2D eigenvalue weighted by atomic mass is 10.1. The Morgan fingerprint density at radius 2 is 2.25 bits per heavy atom. The first-order valence-electron chi connectivity index (χ1n) is 3.66. The summed E-state index contributed by atoms with van der Waals surface area (Å²) in [5.74, 6) is -0.437. The Bertz CT molecular complexity index is 348. The van der Waals surface area contributed by atoms with Crippen LogP contribution in [0.15, 0.2) is 18.2 Å². The Hall–Kier alpha value is -0.890. The molecular weight excluding hydrogens is 179 g/mol. The molecular formula is C9H6ClFO. The number of hydrogen-bond donors (Lipinski definition) is 0. The quantitative estimate of drug-likeness (QED) is 0.605. The molecule has 2 rings (SSSR count). The van der Waals surface area contributed by atoms with Crippen LogP contribution in [0.3, 0.4) is 0 Å². The van der Waals surface area contributed by atoms with E-state index in [9.17, 15) is 9.18 Å². The second-order valence-electron chi connectivity index (χ2n) is 2.80. The highest BCUT2D eigenvalue weighted by molar-refractivity contribution is 6.32. The van der Waals surface area contributed by atoms with E-state index in [1.807, 2.05) is 0 Å². The van der Waals surface area contributed by atoms with E-state index in [0.29, 0.717) is 16.1 Å². The Morgan fingerprint density at radius 1 is 1.50 bits per heavy atom. The molecule has 1 atom stereocenters. The van der Waals surface area contributed by atoms with Gasteiger partial charge in [-0.1, -0.05) is 23.7 Å². The highest BCUT2D eigenvalue weighted by Crippen LogP contribution is 2.29. The van der Waals surface area contributed by atoms with Crippen molar-refractivity contribution in [1.29, 1.82) is 0 Å². The van der Waals surface area contributed by atoms with Crippen LogP contribution in [-0.2, 0) is 6.42 Å². The number of halogens is 2. The fourth-order valence-electron chi connectivity index (χ4n) is 1.44. The predicted octanol–water partition coefficient (Wildman–Crippen LogP) is 2.42. The number of Topliss-reactive ketones (excluding diaryl/α,β-unsaturated/α-hetero) is 1. The van der Waals surface area contributed by atoms with E-state index < -0.39 is 12.0 Å². The first-order chi connectivity index (χ1) is 5.70. The van der Waals surface area contributed by atoms with Crippen LogP contribution in [0.4, 0.5) is 4.39 Å². The van der Waals surface area contributed by atoms with Gasteiger partial charge in [-0.2, -0.15) is 0 Å². The molecule has 0 spiro atoms. The van der Waals surface area contributed by atoms with Gasteiger partial charge in [0.1, 0.15) is 0 Å². The lowest BCUT2D eigenvalue weighted by Crippen LogP contribution is -2.07. The van der Waals surface area contributed by atoms with Crippen LogP contribution in [0.25, 0.3) is 0 Å². The average molecular weight is 185 g/mol. The van der Waals surface area contributed by atoms with Crippen molar-refractivity contribution in [1.82, 2.24) is 0 Å². The molecule has 1 nitrogen and oxygen atoms in total. The van der Waals surface area contributed by atoms with Crippen LogP contribution in [0.2, 0.25) is 5.02 Å². The summed E-state index contributed by atoms with van der Waals surface area (Å²) in [6, 6.07) is 4.95. The average Bonchev–Trinajstić information content (AvgIpc) is 2.32. The summed E-state index contributed by atoms with van der Waals surface area (Å²) < 4.78 is 12.9. The number of hydrogen-bond acceptors (Lipinski definition) is 1. The molecule has 1 aromatic carbocycles. The smallest absolute Gasteiger partial charge is 0.197 e. The van der Waals surface area contributed by atoms with Crippen molar-refractivity contribution in [2.75, 3.05) is 0 Å². The van der Waals surface area contributed by atoms with Crippen molar-refractivity contribution >= 4 is 17.4 Å². The molecule has 1 unspecified atom stereocenters. The van der Waals surface area contributed by atoms with Gasteiger partial charge < -0.3 is 0 Å². The Balaban J connectivity index is 2.61. The van der Waals surface area contributed by atoms with Crippen molar-refractivity contribution in [2.45, 2.75) is 12.6 Å². The van der Waals surface area contributed by atoms with E-state index in [1.165, 1.54) is 0 Å². The molecule has 0 fully saturated rings. The summed E-state index contributed by atoms with van der Waals surface area (Å²) in [5.41, 5.74) is 1.09. The van der Waals surface area contributed by atoms with E-state index in [1.54, 1.807) is 18.2 Å². The molecule has 1 aliphatic carbocycles. The first kappa shape index (κ1) is 7.74. The topological polar surface area (TPSA) is 17.1 Å². The van der Waals surface area contributed by atoms with Gasteiger partial charge in [0.15, 0.2) is 12.0 Å². The highest BCUT2D eigenvalue weighted by Gasteiger charge is 2.31. The molecule has 0 aliphatic heterocycles. The van der Waals surface area contributed by atoms with E-state index in [4.69, 9.17) is 11.6 Å². The summed E-state index contributed by atoms with van der Waals surface area (Å²) in [7, 11) is 0. The number of fused-ring (bicyclic) bond motifs is 1. The number of alkyl halides is 1. The van der Waals surface area contributed by atoms with E-state index in [2.05, 4.69) is 0 Å². The summed E-state index contributed by atoms with van der Waals surface area (Å²) in [5, 5.41) is 0.487. The summed E-state index contributed by atoms with van der Waals surface area (Å²) in [6.07, 6.45) is -1.26. The summed E-state index contributed by atoms with van der Waals surface area (Å²) in [6.45, 7) is 0. The fraction of sp³-hybridized carbons (Fsp3) is 0.222. The number of ketones is 1. The van der Waals surface area contributed by atoms with Gasteiger partial charge in [-0.05, 0) is 11.6 Å². The fourth-order valence-corrected chi connectivity index (χ4v) is 1.69. The van der Waals surface area contributed by atoms with Crippen molar-refractivity contribution in [3.8, 4) is 0 Å². The monoisotopic (exact) mass is 184 g/mol. The molecule has 0 radical (unpaired) electrons. The first-order valence-corrected chi connectivity index (χ1v) is 4.03. The lowest BCUT2D eigenvalue weighted by molar-refractivity contribution is 0.0899. The zero-order chi connectivity index (χ0) is 8.72. The van der Waals surface area contributed by atoms with Gasteiger partial charge in [-0.15, -0.1) is 0 Å². The van der Waals surface area contributed by atoms with Crippen molar-refractivity contribution in [3.63, 3.8) is 0 Å². The molecule has 1 aliphatic rings. The molecule has 12 heavy (non-hydrogen) atoms. The third-order valence-corrected chi connectivity index (χ3v) is 2.41. The maximum atomic E-state index is 12.9. The van der Waals surface area contributed by atoms with Gasteiger partial charge in [0.2, 0.25) is 0 Å². The maximum absolute atomic E-state index is 12.9. The largest absolute Gasteiger partial charge is 0.291 e. The Labute approximate surface area is 74.2 Å². The molecule has 0 aromatic heterocycles. The zero-order valence-electron chi connectivity index (χ0n) is 6.18. The zero-order valence-corrected chi connectivity index (χ0v) is 6.94. The second-order valence-corrected chi connectivity index (χ2v) is 3.21. The second kappa shape index (κ2) is 2.56. The molecule has 0 saturated carbocycles. The third-order valence-electron chi connectivity index (χ3n) is 2.05. The van der Waals surface area contributed by atoms with Gasteiger partial charge in [0, 0.05) is 17.0 Å². The van der Waals surface area contributed by atoms with Crippen molar-refractivity contribution in [2.24, 2.45) is 0 Å². The summed E-state index contributed by atoms with van der Waals surface area (Å²) >= 11 is 5.78. The van der Waals surface area contributed by atoms with E-state index in [0.717, 1.165) is 0 Å². The predicted molar refractivity (Wildman–Crippen MR) is 44.4 cm³/mol. The molecule has 0 bridgehead atoms. The summed E-state index contributed by atoms with van der Waals surface area (Å²) in [4.78, 5) is 11.1. The number of benzene rings is 1. The van der Waals surface area contributed by atoms with E-state index >= 15 is 0 Å². The highest BCUT2D eigenvalue weighted by atomic mass is 35.5. The minimum absolute atomic E-state index is 0.133. The van der Waals surface area contributed by atoms with Gasteiger partial charge in [0.25, 0.3) is 0 Å². The van der Waals surface area contributed by atoms with Crippen LogP contribution in [0.5, 0.6) is 0 Å². The van der Waals surface area contributed by atoms with Gasteiger partial charge in [-0.25, -0.2) is 4.39 Å². The van der Waals surface area contributed by atoms with Crippen LogP contribution < -0.4 is 0 Å². The standard InChI is InChI=1S/C9H6ClFO/c10-7-3-1-2-5-6(7)4-8(11)9(5)12/h1-3,8H,4H2. The molecule has 0 saturated heterocycles. The number of rotatable bonds is 0. The lowest BCUT2D eigenvalue weighted by Gasteiger charge is -1.97. The number of carbonyl (C=O) groups is 1. The molecule has 0 N–H and O–H groups in total. The molecule has 0 amide bonds. The molecule has 3 heteroatoms. The Kier molecular flexibility index (Phi) is 1.65. The van der Waals surface area contributed by atoms with Crippen molar-refractivity contribution < 1.29 is 9.18 Å².